The van der Waals surface area contributed by atoms with Crippen molar-refractivity contribution < 1.29 is 34.6 Å². The van der Waals surface area contributed by atoms with E-state index in [0.29, 0.717) is 0 Å². The molecule has 0 atom stereocenters. The zero-order valence-electron chi connectivity index (χ0n) is 23.6. The summed E-state index contributed by atoms with van der Waals surface area (Å²) >= 11 is 0. The summed E-state index contributed by atoms with van der Waals surface area (Å²) in [5.41, 5.74) is 4.36. The topological polar surface area (TPSA) is 0 Å². The van der Waals surface area contributed by atoms with E-state index in [1.165, 1.54) is 56.2 Å². The van der Waals surface area contributed by atoms with Gasteiger partial charge in [-0.1, -0.05) is 73.5 Å². The van der Waals surface area contributed by atoms with Crippen molar-refractivity contribution in [3.05, 3.63) is 136 Å². The molecule has 0 saturated carbocycles. The van der Waals surface area contributed by atoms with Gasteiger partial charge in [0, 0.05) is 0 Å². The van der Waals surface area contributed by atoms with E-state index in [0.717, 1.165) is 34.3 Å². The van der Waals surface area contributed by atoms with Crippen LogP contribution in [0.15, 0.2) is 109 Å². The Morgan fingerprint density at radius 2 is 0.950 bits per heavy atom. The molecule has 40 heavy (non-hydrogen) atoms. The minimum atomic E-state index is -2.05. The average Bonchev–Trinajstić information content (AvgIpc) is 3.56. The fourth-order valence-electron chi connectivity index (χ4n) is 6.02. The van der Waals surface area contributed by atoms with Gasteiger partial charge < -0.3 is 14.9 Å². The van der Waals surface area contributed by atoms with E-state index < -0.39 is 8.07 Å². The molecule has 0 aromatic heterocycles. The van der Waals surface area contributed by atoms with Gasteiger partial charge in [-0.3, -0.25) is 0 Å². The van der Waals surface area contributed by atoms with Crippen molar-refractivity contribution >= 4 is 40.0 Å². The van der Waals surface area contributed by atoms with Crippen LogP contribution in [0.1, 0.15) is 13.8 Å². The van der Waals surface area contributed by atoms with Crippen molar-refractivity contribution in [1.29, 1.82) is 0 Å². The van der Waals surface area contributed by atoms with Gasteiger partial charge in [0.05, 0.1) is 8.07 Å². The molecule has 6 aromatic rings. The van der Waals surface area contributed by atoms with Gasteiger partial charge in [0.25, 0.3) is 0 Å². The molecular formula is C36H34F2HfSi. The van der Waals surface area contributed by atoms with Crippen LogP contribution in [0.25, 0.3) is 43.8 Å². The summed E-state index contributed by atoms with van der Waals surface area (Å²) < 4.78 is 27.2. The van der Waals surface area contributed by atoms with Crippen LogP contribution in [0.5, 0.6) is 0 Å². The number of fused-ring (bicyclic) bond motifs is 2. The first-order chi connectivity index (χ1) is 18.0. The summed E-state index contributed by atoms with van der Waals surface area (Å²) in [5.74, 6) is -0.434. The Balaban J connectivity index is 0.00000147. The van der Waals surface area contributed by atoms with Crippen LogP contribution >= 0.6 is 0 Å². The van der Waals surface area contributed by atoms with E-state index >= 15 is 0 Å². The fraction of sp³-hybridized carbons (Fsp3) is 0.111. The third-order valence-electron chi connectivity index (χ3n) is 8.12. The predicted octanol–water partition coefficient (Wildman–Crippen LogP) is 9.54. The maximum atomic E-state index is 13.6. The molecule has 0 nitrogen and oxygen atoms in total. The first kappa shape index (κ1) is 31.6. The molecule has 0 radical (unpaired) electrons. The van der Waals surface area contributed by atoms with Gasteiger partial charge in [0.1, 0.15) is 11.6 Å². The number of halogens is 2. The first-order valence-corrected chi connectivity index (χ1v) is 15.4. The van der Waals surface area contributed by atoms with Crippen LogP contribution < -0.4 is 10.4 Å². The molecule has 0 spiro atoms. The van der Waals surface area contributed by atoms with Gasteiger partial charge in [-0.05, 0) is 35.4 Å². The second kappa shape index (κ2) is 12.7. The largest absolute Gasteiger partial charge is 4.00 e. The summed E-state index contributed by atoms with van der Waals surface area (Å²) in [7, 11) is -2.05. The van der Waals surface area contributed by atoms with Crippen LogP contribution in [-0.2, 0) is 25.8 Å². The maximum absolute atomic E-state index is 13.6. The van der Waals surface area contributed by atoms with Crippen molar-refractivity contribution in [2.24, 2.45) is 0 Å². The number of hydrogen-bond donors (Lipinski definition) is 0. The first-order valence-electron chi connectivity index (χ1n) is 12.9. The third kappa shape index (κ3) is 5.36. The van der Waals surface area contributed by atoms with E-state index in [2.05, 4.69) is 74.5 Å². The minimum absolute atomic E-state index is 0. The second-order valence-electron chi connectivity index (χ2n) is 9.91. The molecule has 0 aliphatic rings. The summed E-state index contributed by atoms with van der Waals surface area (Å²) in [5, 5.41) is 7.82. The molecular weight excluding hydrogens is 677 g/mol. The van der Waals surface area contributed by atoms with Crippen molar-refractivity contribution in [3.8, 4) is 22.3 Å². The molecule has 200 valence electrons. The van der Waals surface area contributed by atoms with Gasteiger partial charge in [0.2, 0.25) is 0 Å². The Hall–Kier alpha value is -2.95. The third-order valence-corrected chi connectivity index (χ3v) is 13.3. The van der Waals surface area contributed by atoms with E-state index in [9.17, 15) is 8.78 Å². The van der Waals surface area contributed by atoms with Crippen LogP contribution in [-0.4, -0.2) is 8.07 Å². The molecule has 0 unspecified atom stereocenters. The van der Waals surface area contributed by atoms with Crippen molar-refractivity contribution in [1.82, 2.24) is 0 Å². The SMILES string of the molecule is CC[Si](CC)(c1cc2c(-c3ccc(F)cc3)cccc2[cH-]1)c1cc2c(-c3ccc(F)cc3)cccc2[cH-]1.[CH3-].[CH3-].[Hf+4]. The van der Waals surface area contributed by atoms with E-state index in [1.54, 1.807) is 0 Å². The van der Waals surface area contributed by atoms with Crippen molar-refractivity contribution in [2.75, 3.05) is 0 Å². The maximum Gasteiger partial charge on any atom is 4.00 e. The Kier molecular flexibility index (Phi) is 10.0. The molecule has 0 fully saturated rings. The molecule has 0 aliphatic heterocycles. The average molecular weight is 711 g/mol. The summed E-state index contributed by atoms with van der Waals surface area (Å²) in [4.78, 5) is 0. The summed E-state index contributed by atoms with van der Waals surface area (Å²) in [6.07, 6.45) is 0. The Morgan fingerprint density at radius 3 is 1.30 bits per heavy atom. The fourth-order valence-corrected chi connectivity index (χ4v) is 10.2. The van der Waals surface area contributed by atoms with E-state index in [1.807, 2.05) is 24.3 Å². The number of rotatable bonds is 6. The Bertz CT molecular complexity index is 1580. The van der Waals surface area contributed by atoms with E-state index in [4.69, 9.17) is 0 Å². The molecule has 6 rings (SSSR count). The molecule has 0 bridgehead atoms. The zero-order chi connectivity index (χ0) is 25.6. The molecule has 0 heterocycles. The zero-order valence-corrected chi connectivity index (χ0v) is 28.2. The van der Waals surface area contributed by atoms with Crippen molar-refractivity contribution in [3.63, 3.8) is 0 Å². The molecule has 4 heteroatoms. The standard InChI is InChI=1S/C34H28F2Si.2CH3.Hf/c1-3-37(4-2,29-19-25-7-5-9-31(33(25)21-29)23-11-15-27(35)16-12-23)30-20-26-8-6-10-32(34(26)22-30)24-13-17-28(36)18-14-24;;;/h5-22H,3-4H2,1-2H3;2*1H3;/q-2;2*-1;+4. The smallest absolute Gasteiger partial charge is 0.358 e. The van der Waals surface area contributed by atoms with Gasteiger partial charge in [-0.25, -0.2) is 8.78 Å². The van der Waals surface area contributed by atoms with Crippen LogP contribution in [0, 0.1) is 26.5 Å². The van der Waals surface area contributed by atoms with Gasteiger partial charge in [0.15, 0.2) is 0 Å². The van der Waals surface area contributed by atoms with Gasteiger partial charge >= 0.3 is 25.8 Å². The minimum Gasteiger partial charge on any atom is -0.358 e. The van der Waals surface area contributed by atoms with Crippen LogP contribution in [0.3, 0.4) is 0 Å². The Morgan fingerprint density at radius 1 is 0.575 bits per heavy atom. The normalized spacial score (nSPS) is 11.1. The molecule has 6 aromatic carbocycles. The predicted molar refractivity (Wildman–Crippen MR) is 169 cm³/mol. The van der Waals surface area contributed by atoms with Crippen LogP contribution in [0.2, 0.25) is 12.1 Å². The Labute approximate surface area is 257 Å². The quantitative estimate of drug-likeness (QED) is 0.119. The van der Waals surface area contributed by atoms with Crippen LogP contribution in [0.4, 0.5) is 8.78 Å². The number of hydrogen-bond acceptors (Lipinski definition) is 0. The van der Waals surface area contributed by atoms with E-state index in [-0.39, 0.29) is 52.3 Å². The monoisotopic (exact) mass is 712 g/mol. The molecule has 0 aliphatic carbocycles. The van der Waals surface area contributed by atoms with Gasteiger partial charge in [-0.2, -0.15) is 12.1 Å². The second-order valence-corrected chi connectivity index (χ2v) is 14.6. The number of benzene rings is 4. The summed E-state index contributed by atoms with van der Waals surface area (Å²) in [6.45, 7) is 4.65. The molecule has 0 amide bonds. The molecule has 0 saturated heterocycles. The van der Waals surface area contributed by atoms with Crippen molar-refractivity contribution in [2.45, 2.75) is 25.9 Å². The summed E-state index contributed by atoms with van der Waals surface area (Å²) in [6, 6.07) is 38.2. The molecule has 0 N–H and O–H groups in total. The van der Waals surface area contributed by atoms with Gasteiger partial charge in [-0.15, -0.1) is 68.3 Å².